The summed E-state index contributed by atoms with van der Waals surface area (Å²) < 4.78 is 14.4. The van der Waals surface area contributed by atoms with Crippen molar-refractivity contribution in [3.8, 4) is 0 Å². The Morgan fingerprint density at radius 2 is 2.00 bits per heavy atom. The van der Waals surface area contributed by atoms with E-state index in [-0.39, 0.29) is 6.54 Å². The second-order valence-electron chi connectivity index (χ2n) is 4.04. The Morgan fingerprint density at radius 3 is 2.68 bits per heavy atom. The fourth-order valence-corrected chi connectivity index (χ4v) is 2.76. The Labute approximate surface area is 129 Å². The number of benzene rings is 2. The predicted molar refractivity (Wildman–Crippen MR) is 84.0 cm³/mol. The van der Waals surface area contributed by atoms with E-state index in [4.69, 9.17) is 11.6 Å². The van der Waals surface area contributed by atoms with Crippen LogP contribution in [-0.2, 0) is 0 Å². The summed E-state index contributed by atoms with van der Waals surface area (Å²) in [5, 5.41) is 13.7. The van der Waals surface area contributed by atoms with E-state index in [0.717, 1.165) is 9.26 Å². The molecule has 0 aromatic heterocycles. The van der Waals surface area contributed by atoms with Crippen LogP contribution in [0.2, 0.25) is 5.02 Å². The average molecular weight is 392 g/mol. The maximum Gasteiger partial charge on any atom is 0.129 e. The second-order valence-corrected chi connectivity index (χ2v) is 5.64. The van der Waals surface area contributed by atoms with E-state index in [1.54, 1.807) is 24.3 Å². The highest BCUT2D eigenvalue weighted by molar-refractivity contribution is 14.1. The van der Waals surface area contributed by atoms with E-state index in [9.17, 15) is 9.50 Å². The quantitative estimate of drug-likeness (QED) is 0.765. The average Bonchev–Trinajstić information content (AvgIpc) is 2.38. The Bertz CT molecular complexity index is 579. The summed E-state index contributed by atoms with van der Waals surface area (Å²) in [7, 11) is 0. The van der Waals surface area contributed by atoms with E-state index < -0.39 is 11.9 Å². The number of halogens is 3. The molecule has 100 valence electrons. The van der Waals surface area contributed by atoms with Crippen LogP contribution < -0.4 is 5.32 Å². The number of hydrogen-bond donors (Lipinski definition) is 2. The molecular formula is C14H12ClFINO. The third-order valence-electron chi connectivity index (χ3n) is 2.68. The van der Waals surface area contributed by atoms with Gasteiger partial charge in [-0.1, -0.05) is 29.8 Å². The maximum atomic E-state index is 13.5. The van der Waals surface area contributed by atoms with E-state index in [1.165, 1.54) is 6.07 Å². The van der Waals surface area contributed by atoms with Crippen LogP contribution in [0.1, 0.15) is 11.7 Å². The molecule has 2 N–H and O–H groups in total. The molecule has 5 heteroatoms. The van der Waals surface area contributed by atoms with Crippen LogP contribution in [0, 0.1) is 9.39 Å². The Hall–Kier alpha value is -0.850. The van der Waals surface area contributed by atoms with Crippen LogP contribution in [-0.4, -0.2) is 11.7 Å². The van der Waals surface area contributed by atoms with Gasteiger partial charge in [-0.15, -0.1) is 0 Å². The summed E-state index contributed by atoms with van der Waals surface area (Å²) in [5.41, 5.74) is 1.15. The third kappa shape index (κ3) is 3.81. The number of rotatable bonds is 4. The van der Waals surface area contributed by atoms with Gasteiger partial charge in [0.15, 0.2) is 0 Å². The van der Waals surface area contributed by atoms with Crippen molar-refractivity contribution in [2.45, 2.75) is 6.10 Å². The van der Waals surface area contributed by atoms with Crippen molar-refractivity contribution >= 4 is 39.9 Å². The molecule has 2 aromatic carbocycles. The fraction of sp³-hybridized carbons (Fsp3) is 0.143. The van der Waals surface area contributed by atoms with Gasteiger partial charge in [0.25, 0.3) is 0 Å². The molecule has 0 aliphatic heterocycles. The summed E-state index contributed by atoms with van der Waals surface area (Å²) in [6, 6.07) is 11.6. The number of hydrogen-bond acceptors (Lipinski definition) is 2. The molecule has 0 spiro atoms. The number of aliphatic hydroxyl groups excluding tert-OH is 1. The molecule has 0 fully saturated rings. The first-order valence-corrected chi connectivity index (χ1v) is 7.15. The summed E-state index contributed by atoms with van der Waals surface area (Å²) in [6.07, 6.45) is -0.896. The summed E-state index contributed by atoms with van der Waals surface area (Å²) in [6.45, 7) is 0.235. The molecule has 2 aromatic rings. The van der Waals surface area contributed by atoms with Gasteiger partial charge in [-0.25, -0.2) is 4.39 Å². The first-order chi connectivity index (χ1) is 9.08. The molecule has 0 saturated heterocycles. The van der Waals surface area contributed by atoms with Crippen molar-refractivity contribution in [1.29, 1.82) is 0 Å². The van der Waals surface area contributed by atoms with Crippen molar-refractivity contribution in [3.05, 3.63) is 62.4 Å². The normalized spacial score (nSPS) is 12.2. The Balaban J connectivity index is 2.04. The van der Waals surface area contributed by atoms with Crippen molar-refractivity contribution in [2.24, 2.45) is 0 Å². The van der Waals surface area contributed by atoms with Gasteiger partial charge in [-0.2, -0.15) is 0 Å². The van der Waals surface area contributed by atoms with Crippen LogP contribution in [0.3, 0.4) is 0 Å². The molecular weight excluding hydrogens is 380 g/mol. The molecule has 1 unspecified atom stereocenters. The third-order valence-corrected chi connectivity index (χ3v) is 3.81. The van der Waals surface area contributed by atoms with Crippen molar-refractivity contribution < 1.29 is 9.50 Å². The SMILES string of the molecule is OC(CNc1ccc(Cl)cc1I)c1ccccc1F. The van der Waals surface area contributed by atoms with Gasteiger partial charge in [-0.05, 0) is 46.9 Å². The second kappa shape index (κ2) is 6.54. The van der Waals surface area contributed by atoms with Gasteiger partial charge in [0.1, 0.15) is 5.82 Å². The van der Waals surface area contributed by atoms with Gasteiger partial charge < -0.3 is 10.4 Å². The van der Waals surface area contributed by atoms with Gasteiger partial charge in [0.05, 0.1) is 6.10 Å². The van der Waals surface area contributed by atoms with Gasteiger partial charge >= 0.3 is 0 Å². The van der Waals surface area contributed by atoms with E-state index in [2.05, 4.69) is 27.9 Å². The fourth-order valence-electron chi connectivity index (χ4n) is 1.69. The first kappa shape index (κ1) is 14.6. The van der Waals surface area contributed by atoms with Crippen LogP contribution in [0.4, 0.5) is 10.1 Å². The molecule has 1 atom stereocenters. The van der Waals surface area contributed by atoms with E-state index in [1.807, 2.05) is 12.1 Å². The van der Waals surface area contributed by atoms with Gasteiger partial charge in [-0.3, -0.25) is 0 Å². The summed E-state index contributed by atoms with van der Waals surface area (Å²) in [4.78, 5) is 0. The Kier molecular flexibility index (Phi) is 5.01. The monoisotopic (exact) mass is 391 g/mol. The molecule has 0 saturated carbocycles. The molecule has 0 amide bonds. The van der Waals surface area contributed by atoms with Gasteiger partial charge in [0, 0.05) is 26.4 Å². The maximum absolute atomic E-state index is 13.5. The lowest BCUT2D eigenvalue weighted by Crippen LogP contribution is -2.14. The molecule has 19 heavy (non-hydrogen) atoms. The lowest BCUT2D eigenvalue weighted by Gasteiger charge is -2.15. The zero-order valence-corrected chi connectivity index (χ0v) is 12.8. The summed E-state index contributed by atoms with van der Waals surface area (Å²) >= 11 is 8.02. The van der Waals surface area contributed by atoms with E-state index in [0.29, 0.717) is 10.6 Å². The van der Waals surface area contributed by atoms with Crippen LogP contribution in [0.25, 0.3) is 0 Å². The van der Waals surface area contributed by atoms with Crippen molar-refractivity contribution in [2.75, 3.05) is 11.9 Å². The smallest absolute Gasteiger partial charge is 0.129 e. The minimum absolute atomic E-state index is 0.235. The lowest BCUT2D eigenvalue weighted by atomic mass is 10.1. The molecule has 0 heterocycles. The lowest BCUT2D eigenvalue weighted by molar-refractivity contribution is 0.186. The highest BCUT2D eigenvalue weighted by Gasteiger charge is 2.12. The molecule has 2 nitrogen and oxygen atoms in total. The molecule has 0 aliphatic rings. The van der Waals surface area contributed by atoms with Crippen molar-refractivity contribution in [1.82, 2.24) is 0 Å². The molecule has 2 rings (SSSR count). The highest BCUT2D eigenvalue weighted by Crippen LogP contribution is 2.23. The summed E-state index contributed by atoms with van der Waals surface area (Å²) in [5.74, 6) is -0.400. The molecule has 0 radical (unpaired) electrons. The standard InChI is InChI=1S/C14H12ClFINO/c15-9-5-6-13(12(17)7-9)18-8-14(19)10-3-1-2-4-11(10)16/h1-7,14,18-19H,8H2. The zero-order chi connectivity index (χ0) is 13.8. The largest absolute Gasteiger partial charge is 0.386 e. The zero-order valence-electron chi connectivity index (χ0n) is 9.91. The minimum Gasteiger partial charge on any atom is -0.386 e. The van der Waals surface area contributed by atoms with Crippen LogP contribution in [0.15, 0.2) is 42.5 Å². The van der Waals surface area contributed by atoms with E-state index >= 15 is 0 Å². The predicted octanol–water partition coefficient (Wildman–Crippen LogP) is 4.23. The highest BCUT2D eigenvalue weighted by atomic mass is 127. The van der Waals surface area contributed by atoms with Crippen LogP contribution in [0.5, 0.6) is 0 Å². The number of nitrogens with one attached hydrogen (secondary N) is 1. The minimum atomic E-state index is -0.896. The first-order valence-electron chi connectivity index (χ1n) is 5.69. The molecule has 0 bridgehead atoms. The van der Waals surface area contributed by atoms with Gasteiger partial charge in [0.2, 0.25) is 0 Å². The number of anilines is 1. The van der Waals surface area contributed by atoms with Crippen LogP contribution >= 0.6 is 34.2 Å². The topological polar surface area (TPSA) is 32.3 Å². The number of aliphatic hydroxyl groups is 1. The van der Waals surface area contributed by atoms with Crippen molar-refractivity contribution in [3.63, 3.8) is 0 Å². The Morgan fingerprint density at radius 1 is 1.26 bits per heavy atom. The molecule has 0 aliphatic carbocycles.